The molecule has 0 bridgehead atoms. The monoisotopic (exact) mass is 198 g/mol. The lowest BCUT2D eigenvalue weighted by Crippen LogP contribution is -2.52. The molecule has 0 aliphatic carbocycles. The second kappa shape index (κ2) is 5.81. The van der Waals surface area contributed by atoms with Crippen molar-refractivity contribution in [1.29, 1.82) is 0 Å². The molecule has 0 aromatic heterocycles. The van der Waals surface area contributed by atoms with Crippen LogP contribution in [0.3, 0.4) is 0 Å². The molecule has 3 nitrogen and oxygen atoms in total. The molecule has 3 heteroatoms. The van der Waals surface area contributed by atoms with Gasteiger partial charge in [0, 0.05) is 18.5 Å². The summed E-state index contributed by atoms with van der Waals surface area (Å²) in [5.74, 6) is 0.515. The molecule has 0 aromatic carbocycles. The van der Waals surface area contributed by atoms with E-state index < -0.39 is 0 Å². The van der Waals surface area contributed by atoms with Crippen LogP contribution in [-0.2, 0) is 4.79 Å². The average Bonchev–Trinajstić information content (AvgIpc) is 2.02. The minimum atomic E-state index is -0.283. The molecule has 0 saturated carbocycles. The lowest BCUT2D eigenvalue weighted by molar-refractivity contribution is -0.122. The smallest absolute Gasteiger partial charge is 0.224 e. The topological polar surface area (TPSA) is 55.1 Å². The molecule has 0 spiro atoms. The minimum Gasteiger partial charge on any atom is -0.349 e. The van der Waals surface area contributed by atoms with Crippen LogP contribution in [0, 0.1) is 5.92 Å². The third-order valence-electron chi connectivity index (χ3n) is 2.08. The Labute approximate surface area is 86.8 Å². The summed E-state index contributed by atoms with van der Waals surface area (Å²) in [7, 11) is 0. The maximum absolute atomic E-state index is 11.4. The largest absolute Gasteiger partial charge is 0.349 e. The van der Waals surface area contributed by atoms with E-state index in [4.69, 9.17) is 5.73 Å². The Kier molecular flexibility index (Phi) is 5.46. The normalized spacial score (nSPS) is 14.9. The van der Waals surface area contributed by atoms with Crippen molar-refractivity contribution < 1.29 is 4.79 Å². The summed E-state index contributed by atoms with van der Waals surface area (Å²) in [6, 6.07) is 0. The van der Waals surface area contributed by atoms with Crippen LogP contribution in [0.4, 0.5) is 0 Å². The predicted octanol–water partition coefficient (Wildman–Crippen LogP) is 1.44. The molecule has 0 saturated heterocycles. The quantitative estimate of drug-likeness (QED) is 0.635. The number of amides is 1. The lowest BCUT2D eigenvalue weighted by atomic mass is 9.90. The second-order valence-corrected chi connectivity index (χ2v) is 4.40. The van der Waals surface area contributed by atoms with Crippen LogP contribution in [0.5, 0.6) is 0 Å². The molecule has 0 heterocycles. The van der Waals surface area contributed by atoms with Crippen LogP contribution < -0.4 is 11.1 Å². The molecule has 0 aromatic rings. The zero-order valence-corrected chi connectivity index (χ0v) is 9.47. The zero-order chi connectivity index (χ0) is 11.2. The molecule has 14 heavy (non-hydrogen) atoms. The summed E-state index contributed by atoms with van der Waals surface area (Å²) in [6.07, 6.45) is 2.85. The number of rotatable bonds is 6. The standard InChI is InChI=1S/C11H22N2O/c1-5-6-10(14)13-11(4,8-12)7-9(2)3/h5,9H,1,6-8,12H2,2-4H3,(H,13,14). The first-order chi connectivity index (χ1) is 6.43. The van der Waals surface area contributed by atoms with E-state index in [-0.39, 0.29) is 11.4 Å². The molecule has 0 aliphatic heterocycles. The highest BCUT2D eigenvalue weighted by Gasteiger charge is 2.24. The SMILES string of the molecule is C=CCC(=O)NC(C)(CN)CC(C)C. The first-order valence-electron chi connectivity index (χ1n) is 5.05. The van der Waals surface area contributed by atoms with Crippen LogP contribution >= 0.6 is 0 Å². The molecule has 0 rings (SSSR count). The lowest BCUT2D eigenvalue weighted by Gasteiger charge is -2.31. The Morgan fingerprint density at radius 3 is 2.57 bits per heavy atom. The minimum absolute atomic E-state index is 0.00593. The van der Waals surface area contributed by atoms with Gasteiger partial charge < -0.3 is 11.1 Å². The van der Waals surface area contributed by atoms with E-state index in [2.05, 4.69) is 25.7 Å². The van der Waals surface area contributed by atoms with Crippen LogP contribution in [0.15, 0.2) is 12.7 Å². The fourth-order valence-corrected chi connectivity index (χ4v) is 1.61. The van der Waals surface area contributed by atoms with E-state index in [0.717, 1.165) is 6.42 Å². The van der Waals surface area contributed by atoms with Crippen molar-refractivity contribution in [2.45, 2.75) is 39.2 Å². The molecule has 82 valence electrons. The predicted molar refractivity (Wildman–Crippen MR) is 59.9 cm³/mol. The van der Waals surface area contributed by atoms with Gasteiger partial charge in [0.1, 0.15) is 0 Å². The van der Waals surface area contributed by atoms with E-state index in [1.54, 1.807) is 6.08 Å². The summed E-state index contributed by atoms with van der Waals surface area (Å²) >= 11 is 0. The first-order valence-corrected chi connectivity index (χ1v) is 5.05. The van der Waals surface area contributed by atoms with Crippen molar-refractivity contribution in [2.24, 2.45) is 11.7 Å². The van der Waals surface area contributed by atoms with Gasteiger partial charge in [-0.1, -0.05) is 19.9 Å². The third kappa shape index (κ3) is 5.02. The molecule has 1 atom stereocenters. The molecular weight excluding hydrogens is 176 g/mol. The van der Waals surface area contributed by atoms with Crippen molar-refractivity contribution in [3.63, 3.8) is 0 Å². The summed E-state index contributed by atoms with van der Waals surface area (Å²) < 4.78 is 0. The maximum Gasteiger partial charge on any atom is 0.224 e. The van der Waals surface area contributed by atoms with Gasteiger partial charge in [0.05, 0.1) is 0 Å². The van der Waals surface area contributed by atoms with Gasteiger partial charge in [0.2, 0.25) is 5.91 Å². The molecule has 1 amide bonds. The molecule has 3 N–H and O–H groups in total. The van der Waals surface area contributed by atoms with E-state index in [0.29, 0.717) is 18.9 Å². The highest BCUT2D eigenvalue weighted by atomic mass is 16.1. The van der Waals surface area contributed by atoms with E-state index in [9.17, 15) is 4.79 Å². The Balaban J connectivity index is 4.23. The maximum atomic E-state index is 11.4. The first kappa shape index (κ1) is 13.2. The Bertz CT molecular complexity index is 201. The van der Waals surface area contributed by atoms with Gasteiger partial charge in [-0.3, -0.25) is 4.79 Å². The van der Waals surface area contributed by atoms with Gasteiger partial charge in [-0.15, -0.1) is 6.58 Å². The Morgan fingerprint density at radius 2 is 2.21 bits per heavy atom. The highest BCUT2D eigenvalue weighted by molar-refractivity contribution is 5.78. The van der Waals surface area contributed by atoms with Crippen LogP contribution in [0.1, 0.15) is 33.6 Å². The third-order valence-corrected chi connectivity index (χ3v) is 2.08. The molecular formula is C11H22N2O. The number of nitrogens with one attached hydrogen (secondary N) is 1. The van der Waals surface area contributed by atoms with Gasteiger partial charge in [-0.05, 0) is 19.3 Å². The number of nitrogens with two attached hydrogens (primary N) is 1. The van der Waals surface area contributed by atoms with Gasteiger partial charge in [-0.25, -0.2) is 0 Å². The van der Waals surface area contributed by atoms with Gasteiger partial charge in [0.15, 0.2) is 0 Å². The molecule has 0 aliphatic rings. The van der Waals surface area contributed by atoms with Crippen LogP contribution in [0.2, 0.25) is 0 Å². The molecule has 0 radical (unpaired) electrons. The fourth-order valence-electron chi connectivity index (χ4n) is 1.61. The summed E-state index contributed by atoms with van der Waals surface area (Å²) in [5, 5.41) is 2.94. The average molecular weight is 198 g/mol. The summed E-state index contributed by atoms with van der Waals surface area (Å²) in [4.78, 5) is 11.4. The summed E-state index contributed by atoms with van der Waals surface area (Å²) in [6.45, 7) is 10.2. The fraction of sp³-hybridized carbons (Fsp3) is 0.727. The van der Waals surface area contributed by atoms with Crippen LogP contribution in [-0.4, -0.2) is 18.0 Å². The van der Waals surface area contributed by atoms with Gasteiger partial charge in [0.25, 0.3) is 0 Å². The van der Waals surface area contributed by atoms with Crippen molar-refractivity contribution in [3.8, 4) is 0 Å². The highest BCUT2D eigenvalue weighted by Crippen LogP contribution is 2.15. The van der Waals surface area contributed by atoms with E-state index in [1.165, 1.54) is 0 Å². The zero-order valence-electron chi connectivity index (χ0n) is 9.47. The van der Waals surface area contributed by atoms with Crippen molar-refractivity contribution in [3.05, 3.63) is 12.7 Å². The van der Waals surface area contributed by atoms with Crippen molar-refractivity contribution in [2.75, 3.05) is 6.54 Å². The van der Waals surface area contributed by atoms with Gasteiger partial charge in [-0.2, -0.15) is 0 Å². The van der Waals surface area contributed by atoms with Crippen molar-refractivity contribution >= 4 is 5.91 Å². The number of carbonyl (C=O) groups excluding carboxylic acids is 1. The van der Waals surface area contributed by atoms with E-state index >= 15 is 0 Å². The van der Waals surface area contributed by atoms with E-state index in [1.807, 2.05) is 6.92 Å². The molecule has 0 fully saturated rings. The molecule has 1 unspecified atom stereocenters. The second-order valence-electron chi connectivity index (χ2n) is 4.40. The van der Waals surface area contributed by atoms with Gasteiger partial charge >= 0.3 is 0 Å². The number of hydrogen-bond acceptors (Lipinski definition) is 2. The van der Waals surface area contributed by atoms with Crippen LogP contribution in [0.25, 0.3) is 0 Å². The Hall–Kier alpha value is -0.830. The Morgan fingerprint density at radius 1 is 1.64 bits per heavy atom. The number of carbonyl (C=O) groups is 1. The summed E-state index contributed by atoms with van der Waals surface area (Å²) in [5.41, 5.74) is 5.38. The van der Waals surface area contributed by atoms with Crippen molar-refractivity contribution in [1.82, 2.24) is 5.32 Å². The number of hydrogen-bond donors (Lipinski definition) is 2.